The molecule has 0 aliphatic rings. The highest BCUT2D eigenvalue weighted by molar-refractivity contribution is 6.06. The lowest BCUT2D eigenvalue weighted by Gasteiger charge is -2.12. The number of aromatic nitrogens is 3. The Labute approximate surface area is 172 Å². The number of nitrogen functional groups attached to an aromatic ring is 1. The highest BCUT2D eigenvalue weighted by Crippen LogP contribution is 2.29. The van der Waals surface area contributed by atoms with Crippen molar-refractivity contribution in [1.29, 1.82) is 0 Å². The Morgan fingerprint density at radius 2 is 1.76 bits per heavy atom. The quantitative estimate of drug-likeness (QED) is 0.451. The number of rotatable bonds is 10. The van der Waals surface area contributed by atoms with Gasteiger partial charge in [0, 0.05) is 31.4 Å². The maximum absolute atomic E-state index is 11.9. The van der Waals surface area contributed by atoms with E-state index >= 15 is 0 Å². The molecule has 0 atom stereocenters. The third-order valence-electron chi connectivity index (χ3n) is 5.10. The van der Waals surface area contributed by atoms with Gasteiger partial charge in [0.15, 0.2) is 5.82 Å². The second kappa shape index (κ2) is 10.1. The van der Waals surface area contributed by atoms with Gasteiger partial charge in [-0.15, -0.1) is 0 Å². The molecular formula is C22H32N6O. The Balaban J connectivity index is 1.80. The monoisotopic (exact) mass is 396 g/mol. The van der Waals surface area contributed by atoms with Gasteiger partial charge in [0.2, 0.25) is 0 Å². The molecule has 1 aromatic carbocycles. The molecular weight excluding hydrogens is 364 g/mol. The number of unbranched alkanes of at least 4 members (excludes halogenated alkanes) is 2. The number of pyridine rings is 1. The van der Waals surface area contributed by atoms with Gasteiger partial charge in [0.1, 0.15) is 11.3 Å². The molecule has 29 heavy (non-hydrogen) atoms. The lowest BCUT2D eigenvalue weighted by atomic mass is 10.2. The summed E-state index contributed by atoms with van der Waals surface area (Å²) in [5.41, 5.74) is 8.94. The molecule has 4 N–H and O–H groups in total. The van der Waals surface area contributed by atoms with Crippen LogP contribution >= 0.6 is 0 Å². The zero-order valence-electron chi connectivity index (χ0n) is 17.5. The molecule has 7 heteroatoms. The standard InChI is InChI=1S/C22H32N6O/c1-3-5-12-18-27-19-20(16-10-7-8-11-17(16)26-21(19)23)28(18)15-9-14-25-22(29)24-13-6-4-2/h7-8,10-11H,3-6,9,12-15H2,1-2H3,(H2,23,26)(H2,24,25,29). The first-order valence-electron chi connectivity index (χ1n) is 10.7. The van der Waals surface area contributed by atoms with Crippen LogP contribution in [0.25, 0.3) is 21.9 Å². The van der Waals surface area contributed by atoms with Crippen molar-refractivity contribution < 1.29 is 4.79 Å². The summed E-state index contributed by atoms with van der Waals surface area (Å²) in [6, 6.07) is 7.95. The zero-order valence-corrected chi connectivity index (χ0v) is 17.5. The average Bonchev–Trinajstić information content (AvgIpc) is 3.09. The van der Waals surface area contributed by atoms with Crippen LogP contribution in [-0.2, 0) is 13.0 Å². The minimum Gasteiger partial charge on any atom is -0.382 e. The first kappa shape index (κ1) is 20.9. The summed E-state index contributed by atoms with van der Waals surface area (Å²) >= 11 is 0. The minimum atomic E-state index is -0.0981. The van der Waals surface area contributed by atoms with Crippen molar-refractivity contribution in [3.8, 4) is 0 Å². The number of para-hydroxylation sites is 1. The van der Waals surface area contributed by atoms with Crippen LogP contribution in [0.5, 0.6) is 0 Å². The minimum absolute atomic E-state index is 0.0981. The number of nitrogens with two attached hydrogens (primary N) is 1. The lowest BCUT2D eigenvalue weighted by Crippen LogP contribution is -2.36. The predicted molar refractivity (Wildman–Crippen MR) is 119 cm³/mol. The van der Waals surface area contributed by atoms with Gasteiger partial charge in [-0.2, -0.15) is 0 Å². The molecule has 0 saturated heterocycles. The second-order valence-corrected chi connectivity index (χ2v) is 7.38. The molecule has 2 heterocycles. The van der Waals surface area contributed by atoms with E-state index in [1.165, 1.54) is 0 Å². The van der Waals surface area contributed by atoms with Crippen LogP contribution < -0.4 is 16.4 Å². The van der Waals surface area contributed by atoms with Crippen molar-refractivity contribution >= 4 is 33.8 Å². The third-order valence-corrected chi connectivity index (χ3v) is 5.10. The number of aryl methyl sites for hydroxylation is 2. The van der Waals surface area contributed by atoms with Gasteiger partial charge in [0.05, 0.1) is 11.0 Å². The number of urea groups is 1. The molecule has 0 spiro atoms. The summed E-state index contributed by atoms with van der Waals surface area (Å²) < 4.78 is 2.27. The number of nitrogens with one attached hydrogen (secondary N) is 2. The fourth-order valence-electron chi connectivity index (χ4n) is 3.55. The summed E-state index contributed by atoms with van der Waals surface area (Å²) in [4.78, 5) is 21.2. The summed E-state index contributed by atoms with van der Waals surface area (Å²) in [5, 5.41) is 6.89. The molecule has 0 fully saturated rings. The van der Waals surface area contributed by atoms with Crippen molar-refractivity contribution in [3.63, 3.8) is 0 Å². The van der Waals surface area contributed by atoms with Crippen LogP contribution in [0.3, 0.4) is 0 Å². The maximum Gasteiger partial charge on any atom is 0.314 e. The molecule has 2 aromatic heterocycles. The van der Waals surface area contributed by atoms with Crippen molar-refractivity contribution in [2.75, 3.05) is 18.8 Å². The smallest absolute Gasteiger partial charge is 0.314 e. The van der Waals surface area contributed by atoms with Gasteiger partial charge >= 0.3 is 6.03 Å². The van der Waals surface area contributed by atoms with Gasteiger partial charge in [0.25, 0.3) is 0 Å². The molecule has 156 valence electrons. The van der Waals surface area contributed by atoms with Crippen LogP contribution in [0.1, 0.15) is 51.8 Å². The molecule has 3 aromatic rings. The van der Waals surface area contributed by atoms with E-state index in [2.05, 4.69) is 40.1 Å². The number of benzene rings is 1. The largest absolute Gasteiger partial charge is 0.382 e. The van der Waals surface area contributed by atoms with Crippen molar-refractivity contribution in [1.82, 2.24) is 25.2 Å². The molecule has 0 radical (unpaired) electrons. The highest BCUT2D eigenvalue weighted by Gasteiger charge is 2.16. The molecule has 7 nitrogen and oxygen atoms in total. The molecule has 0 unspecified atom stereocenters. The number of carbonyl (C=O) groups excluding carboxylic acids is 1. The first-order valence-corrected chi connectivity index (χ1v) is 10.7. The number of amides is 2. The molecule has 0 aliphatic heterocycles. The van der Waals surface area contributed by atoms with E-state index in [0.29, 0.717) is 18.9 Å². The number of hydrogen-bond donors (Lipinski definition) is 3. The average molecular weight is 397 g/mol. The Morgan fingerprint density at radius 3 is 2.52 bits per heavy atom. The number of nitrogens with zero attached hydrogens (tertiary/aromatic N) is 3. The van der Waals surface area contributed by atoms with Crippen molar-refractivity contribution in [3.05, 3.63) is 30.1 Å². The molecule has 0 saturated carbocycles. The molecule has 0 aliphatic carbocycles. The first-order chi connectivity index (χ1) is 14.2. The van der Waals surface area contributed by atoms with Crippen LogP contribution in [0, 0.1) is 0 Å². The predicted octanol–water partition coefficient (Wildman–Crippen LogP) is 4.00. The third kappa shape index (κ3) is 4.96. The number of imidazole rings is 1. The Kier molecular flexibility index (Phi) is 7.27. The van der Waals surface area contributed by atoms with Gasteiger partial charge in [-0.05, 0) is 25.3 Å². The zero-order chi connectivity index (χ0) is 20.6. The molecule has 2 amide bonds. The Morgan fingerprint density at radius 1 is 1.03 bits per heavy atom. The Bertz CT molecular complexity index is 965. The van der Waals surface area contributed by atoms with Crippen LogP contribution in [0.2, 0.25) is 0 Å². The van der Waals surface area contributed by atoms with Crippen LogP contribution in [0.15, 0.2) is 24.3 Å². The van der Waals surface area contributed by atoms with Crippen molar-refractivity contribution in [2.24, 2.45) is 0 Å². The number of anilines is 1. The number of hydrogen-bond acceptors (Lipinski definition) is 4. The van der Waals surface area contributed by atoms with E-state index in [4.69, 9.17) is 10.7 Å². The van der Waals surface area contributed by atoms with E-state index in [9.17, 15) is 4.79 Å². The van der Waals surface area contributed by atoms with Crippen LogP contribution in [0.4, 0.5) is 10.6 Å². The second-order valence-electron chi connectivity index (χ2n) is 7.38. The van der Waals surface area contributed by atoms with E-state index in [1.807, 2.05) is 18.2 Å². The van der Waals surface area contributed by atoms with E-state index in [0.717, 1.165) is 72.8 Å². The van der Waals surface area contributed by atoms with Gasteiger partial charge in [-0.1, -0.05) is 44.9 Å². The van der Waals surface area contributed by atoms with Gasteiger partial charge < -0.3 is 20.9 Å². The molecule has 0 bridgehead atoms. The lowest BCUT2D eigenvalue weighted by molar-refractivity contribution is 0.240. The molecule has 3 rings (SSSR count). The van der Waals surface area contributed by atoms with E-state index < -0.39 is 0 Å². The normalized spacial score (nSPS) is 11.2. The summed E-state index contributed by atoms with van der Waals surface area (Å²) in [5.74, 6) is 1.52. The fourth-order valence-corrected chi connectivity index (χ4v) is 3.55. The fraction of sp³-hybridized carbons (Fsp3) is 0.500. The van der Waals surface area contributed by atoms with E-state index in [-0.39, 0.29) is 6.03 Å². The Hall–Kier alpha value is -2.83. The SMILES string of the molecule is CCCCNC(=O)NCCCn1c(CCCC)nc2c(N)nc3ccccc3c21. The van der Waals surface area contributed by atoms with Gasteiger partial charge in [-0.25, -0.2) is 14.8 Å². The summed E-state index contributed by atoms with van der Waals surface area (Å²) in [6.07, 6.45) is 5.98. The maximum atomic E-state index is 11.9. The summed E-state index contributed by atoms with van der Waals surface area (Å²) in [7, 11) is 0. The highest BCUT2D eigenvalue weighted by atomic mass is 16.2. The number of fused-ring (bicyclic) bond motifs is 3. The van der Waals surface area contributed by atoms with Gasteiger partial charge in [-0.3, -0.25) is 0 Å². The van der Waals surface area contributed by atoms with Crippen molar-refractivity contribution in [2.45, 2.75) is 58.9 Å². The van der Waals surface area contributed by atoms with Crippen LogP contribution in [-0.4, -0.2) is 33.7 Å². The van der Waals surface area contributed by atoms with E-state index in [1.54, 1.807) is 0 Å². The topological polar surface area (TPSA) is 97.9 Å². The summed E-state index contributed by atoms with van der Waals surface area (Å²) in [6.45, 7) is 6.39. The number of carbonyl (C=O) groups is 1.